The third-order valence-electron chi connectivity index (χ3n) is 2.48. The molecule has 100 valence electrons. The van der Waals surface area contributed by atoms with Crippen LogP contribution in [0.3, 0.4) is 0 Å². The first-order chi connectivity index (χ1) is 9.10. The molecule has 1 heterocycles. The third kappa shape index (κ3) is 3.84. The zero-order valence-corrected chi connectivity index (χ0v) is 13.1. The van der Waals surface area contributed by atoms with E-state index < -0.39 is 0 Å². The first-order valence-corrected chi connectivity index (χ1v) is 7.00. The summed E-state index contributed by atoms with van der Waals surface area (Å²) < 4.78 is 18.7. The molecule has 0 N–H and O–H groups in total. The predicted molar refractivity (Wildman–Crippen MR) is 79.7 cm³/mol. The number of halogens is 3. The van der Waals surface area contributed by atoms with Crippen LogP contribution in [0.5, 0.6) is 0 Å². The van der Waals surface area contributed by atoms with E-state index in [0.29, 0.717) is 24.0 Å². The number of hydrogen-bond acceptors (Lipinski definition) is 3. The smallest absolute Gasteiger partial charge is 0.146 e. The molecular weight excluding hydrogens is 382 g/mol. The van der Waals surface area contributed by atoms with E-state index in [1.165, 1.54) is 12.1 Å². The average molecular weight is 393 g/mol. The molecule has 0 aliphatic heterocycles. The fourth-order valence-electron chi connectivity index (χ4n) is 1.61. The molecule has 1 aromatic carbocycles. The minimum atomic E-state index is -0.259. The Balaban J connectivity index is 2.27. The highest BCUT2D eigenvalue weighted by Gasteiger charge is 2.11. The Labute approximate surface area is 129 Å². The SMILES string of the molecule is COCc1nc(Cc2ccc(F)cc2)nc(Cl)c1I. The molecule has 2 rings (SSSR count). The summed E-state index contributed by atoms with van der Waals surface area (Å²) in [5.74, 6) is 0.342. The van der Waals surface area contributed by atoms with Gasteiger partial charge in [0.1, 0.15) is 16.8 Å². The van der Waals surface area contributed by atoms with Gasteiger partial charge in [-0.3, -0.25) is 0 Å². The van der Waals surface area contributed by atoms with E-state index in [9.17, 15) is 4.39 Å². The van der Waals surface area contributed by atoms with E-state index in [-0.39, 0.29) is 5.82 Å². The van der Waals surface area contributed by atoms with Crippen LogP contribution < -0.4 is 0 Å². The van der Waals surface area contributed by atoms with Crippen LogP contribution in [0, 0.1) is 9.39 Å². The summed E-state index contributed by atoms with van der Waals surface area (Å²) in [6, 6.07) is 6.25. The lowest BCUT2D eigenvalue weighted by molar-refractivity contribution is 0.180. The number of aromatic nitrogens is 2. The van der Waals surface area contributed by atoms with E-state index in [1.807, 2.05) is 0 Å². The molecule has 0 amide bonds. The molecule has 6 heteroatoms. The Morgan fingerprint density at radius 2 is 1.95 bits per heavy atom. The van der Waals surface area contributed by atoms with Crippen LogP contribution in [-0.4, -0.2) is 17.1 Å². The first kappa shape index (κ1) is 14.6. The quantitative estimate of drug-likeness (QED) is 0.589. The maximum Gasteiger partial charge on any atom is 0.146 e. The fourth-order valence-corrected chi connectivity index (χ4v) is 2.21. The van der Waals surface area contributed by atoms with Gasteiger partial charge in [-0.15, -0.1) is 0 Å². The Bertz CT molecular complexity index is 578. The zero-order chi connectivity index (χ0) is 13.8. The average Bonchev–Trinajstić information content (AvgIpc) is 2.38. The maximum absolute atomic E-state index is 12.8. The van der Waals surface area contributed by atoms with Crippen LogP contribution in [0.15, 0.2) is 24.3 Å². The summed E-state index contributed by atoms with van der Waals surface area (Å²) in [5, 5.41) is 0.416. The Hall–Kier alpha value is -0.790. The molecule has 0 saturated carbocycles. The first-order valence-electron chi connectivity index (χ1n) is 5.54. The van der Waals surface area contributed by atoms with Gasteiger partial charge in [-0.1, -0.05) is 23.7 Å². The molecule has 0 atom stereocenters. The number of benzene rings is 1. The van der Waals surface area contributed by atoms with Crippen molar-refractivity contribution >= 4 is 34.2 Å². The van der Waals surface area contributed by atoms with Crippen LogP contribution in [0.4, 0.5) is 4.39 Å². The van der Waals surface area contributed by atoms with E-state index in [4.69, 9.17) is 16.3 Å². The lowest BCUT2D eigenvalue weighted by Crippen LogP contribution is -2.05. The molecule has 0 aliphatic carbocycles. The van der Waals surface area contributed by atoms with E-state index in [2.05, 4.69) is 32.6 Å². The van der Waals surface area contributed by atoms with Gasteiger partial charge in [-0.25, -0.2) is 14.4 Å². The second-order valence-electron chi connectivity index (χ2n) is 3.93. The number of nitrogens with zero attached hydrogens (tertiary/aromatic N) is 2. The normalized spacial score (nSPS) is 10.7. The van der Waals surface area contributed by atoms with Crippen molar-refractivity contribution in [1.82, 2.24) is 9.97 Å². The second kappa shape index (κ2) is 6.58. The summed E-state index contributed by atoms with van der Waals surface area (Å²) in [6.45, 7) is 0.386. The highest BCUT2D eigenvalue weighted by Crippen LogP contribution is 2.20. The van der Waals surface area contributed by atoms with Crippen molar-refractivity contribution in [2.45, 2.75) is 13.0 Å². The van der Waals surface area contributed by atoms with Crippen molar-refractivity contribution in [3.05, 3.63) is 55.9 Å². The minimum absolute atomic E-state index is 0.259. The van der Waals surface area contributed by atoms with Gasteiger partial charge in [0, 0.05) is 13.5 Å². The highest BCUT2D eigenvalue weighted by molar-refractivity contribution is 14.1. The van der Waals surface area contributed by atoms with Crippen molar-refractivity contribution in [2.24, 2.45) is 0 Å². The van der Waals surface area contributed by atoms with Gasteiger partial charge in [0.05, 0.1) is 15.9 Å². The topological polar surface area (TPSA) is 35.0 Å². The standard InChI is InChI=1S/C13H11ClFIN2O/c1-19-7-10-12(16)13(14)18-11(17-10)6-8-2-4-9(15)5-3-8/h2-5H,6-7H2,1H3. The highest BCUT2D eigenvalue weighted by atomic mass is 127. The van der Waals surface area contributed by atoms with Gasteiger partial charge < -0.3 is 4.74 Å². The lowest BCUT2D eigenvalue weighted by Gasteiger charge is -2.07. The van der Waals surface area contributed by atoms with Gasteiger partial charge in [0.15, 0.2) is 0 Å². The summed E-state index contributed by atoms with van der Waals surface area (Å²) in [4.78, 5) is 8.65. The van der Waals surface area contributed by atoms with Crippen molar-refractivity contribution < 1.29 is 9.13 Å². The molecule has 0 aliphatic rings. The summed E-state index contributed by atoms with van der Waals surface area (Å²) in [6.07, 6.45) is 0.508. The summed E-state index contributed by atoms with van der Waals surface area (Å²) >= 11 is 8.17. The lowest BCUT2D eigenvalue weighted by atomic mass is 10.1. The molecule has 1 aromatic heterocycles. The Morgan fingerprint density at radius 3 is 2.58 bits per heavy atom. The van der Waals surface area contributed by atoms with E-state index in [0.717, 1.165) is 14.8 Å². The molecule has 19 heavy (non-hydrogen) atoms. The van der Waals surface area contributed by atoms with Crippen LogP contribution in [0.2, 0.25) is 5.15 Å². The Kier molecular flexibility index (Phi) is 5.06. The number of hydrogen-bond donors (Lipinski definition) is 0. The molecule has 0 fully saturated rings. The van der Waals surface area contributed by atoms with Gasteiger partial charge in [0.2, 0.25) is 0 Å². The van der Waals surface area contributed by atoms with Crippen LogP contribution >= 0.6 is 34.2 Å². The number of rotatable bonds is 4. The third-order valence-corrected chi connectivity index (χ3v) is 4.21. The Morgan fingerprint density at radius 1 is 1.26 bits per heavy atom. The van der Waals surface area contributed by atoms with Gasteiger partial charge >= 0.3 is 0 Å². The monoisotopic (exact) mass is 392 g/mol. The minimum Gasteiger partial charge on any atom is -0.378 e. The molecule has 0 radical (unpaired) electrons. The molecule has 2 aromatic rings. The fraction of sp³-hybridized carbons (Fsp3) is 0.231. The van der Waals surface area contributed by atoms with Gasteiger partial charge in [0.25, 0.3) is 0 Å². The maximum atomic E-state index is 12.8. The number of methoxy groups -OCH3 is 1. The van der Waals surface area contributed by atoms with Crippen LogP contribution in [0.25, 0.3) is 0 Å². The molecule has 3 nitrogen and oxygen atoms in total. The predicted octanol–water partition coefficient (Wildman–Crippen LogP) is 3.61. The van der Waals surface area contributed by atoms with Crippen LogP contribution in [0.1, 0.15) is 17.1 Å². The van der Waals surface area contributed by atoms with E-state index in [1.54, 1.807) is 19.2 Å². The van der Waals surface area contributed by atoms with Crippen LogP contribution in [-0.2, 0) is 17.8 Å². The molecule has 0 spiro atoms. The van der Waals surface area contributed by atoms with Crippen molar-refractivity contribution in [3.63, 3.8) is 0 Å². The summed E-state index contributed by atoms with van der Waals surface area (Å²) in [7, 11) is 1.60. The van der Waals surface area contributed by atoms with Gasteiger partial charge in [-0.2, -0.15) is 0 Å². The second-order valence-corrected chi connectivity index (χ2v) is 5.36. The van der Waals surface area contributed by atoms with Crippen molar-refractivity contribution in [2.75, 3.05) is 7.11 Å². The molecule has 0 bridgehead atoms. The van der Waals surface area contributed by atoms with Crippen molar-refractivity contribution in [3.8, 4) is 0 Å². The number of ether oxygens (including phenoxy) is 1. The molecule has 0 saturated heterocycles. The molecule has 0 unspecified atom stereocenters. The molecular formula is C13H11ClFIN2O. The van der Waals surface area contributed by atoms with Crippen molar-refractivity contribution in [1.29, 1.82) is 0 Å². The van der Waals surface area contributed by atoms with E-state index >= 15 is 0 Å². The van der Waals surface area contributed by atoms with Gasteiger partial charge in [-0.05, 0) is 40.3 Å². The summed E-state index contributed by atoms with van der Waals surface area (Å²) in [5.41, 5.74) is 1.70. The zero-order valence-electron chi connectivity index (χ0n) is 10.2. The largest absolute Gasteiger partial charge is 0.378 e.